The Hall–Kier alpha value is -3.79. The zero-order valence-electron chi connectivity index (χ0n) is 14.4. The van der Waals surface area contributed by atoms with Crippen LogP contribution in [0.5, 0.6) is 0 Å². The molecule has 0 atom stereocenters. The molecule has 0 aliphatic heterocycles. The maximum Gasteiger partial charge on any atom is 0.272 e. The Bertz CT molecular complexity index is 1240. The first kappa shape index (κ1) is 16.4. The van der Waals surface area contributed by atoms with Crippen molar-refractivity contribution in [2.75, 3.05) is 0 Å². The first-order chi connectivity index (χ1) is 13.8. The number of carbonyl (C=O) groups is 1. The fraction of sp³-hybridized carbons (Fsp3) is 0.0556. The van der Waals surface area contributed by atoms with Gasteiger partial charge >= 0.3 is 0 Å². The summed E-state index contributed by atoms with van der Waals surface area (Å²) in [6.07, 6.45) is 1.56. The molecule has 138 valence electrons. The largest absolute Gasteiger partial charge is 0.463 e. The van der Waals surface area contributed by atoms with E-state index >= 15 is 0 Å². The number of furan rings is 1. The molecule has 0 unspecified atom stereocenters. The number of aromatic amines is 1. The van der Waals surface area contributed by atoms with Gasteiger partial charge in [-0.05, 0) is 35.7 Å². The molecule has 5 aromatic rings. The molecule has 28 heavy (non-hydrogen) atoms. The normalized spacial score (nSPS) is 11.1. The van der Waals surface area contributed by atoms with Crippen LogP contribution in [0.4, 0.5) is 0 Å². The average Bonchev–Trinajstić information content (AvgIpc) is 3.52. The Morgan fingerprint density at radius 3 is 3.04 bits per heavy atom. The fourth-order valence-electron chi connectivity index (χ4n) is 2.75. The van der Waals surface area contributed by atoms with E-state index in [2.05, 4.69) is 30.8 Å². The van der Waals surface area contributed by atoms with Gasteiger partial charge in [0.05, 0.1) is 18.5 Å². The van der Waals surface area contributed by atoms with Gasteiger partial charge in [-0.2, -0.15) is 26.0 Å². The molecule has 0 radical (unpaired) electrons. The number of nitrogens with zero attached hydrogens (tertiary/aromatic N) is 5. The predicted molar refractivity (Wildman–Crippen MR) is 102 cm³/mol. The van der Waals surface area contributed by atoms with Crippen molar-refractivity contribution in [2.45, 2.75) is 6.54 Å². The number of fused-ring (bicyclic) bond motifs is 1. The molecule has 0 aliphatic carbocycles. The van der Waals surface area contributed by atoms with Crippen LogP contribution < -0.4 is 5.32 Å². The van der Waals surface area contributed by atoms with Crippen molar-refractivity contribution >= 4 is 22.9 Å². The van der Waals surface area contributed by atoms with Crippen LogP contribution >= 0.6 is 11.3 Å². The van der Waals surface area contributed by atoms with Crippen LogP contribution in [-0.2, 0) is 6.54 Å². The van der Waals surface area contributed by atoms with Gasteiger partial charge in [0, 0.05) is 17.0 Å². The lowest BCUT2D eigenvalue weighted by Crippen LogP contribution is -2.24. The molecule has 0 saturated heterocycles. The predicted octanol–water partition coefficient (Wildman–Crippen LogP) is 2.77. The molecule has 5 heterocycles. The summed E-state index contributed by atoms with van der Waals surface area (Å²) < 4.78 is 6.92. The second kappa shape index (κ2) is 6.74. The molecule has 5 aromatic heterocycles. The lowest BCUT2D eigenvalue weighted by Gasteiger charge is -2.03. The van der Waals surface area contributed by atoms with E-state index in [-0.39, 0.29) is 18.1 Å². The van der Waals surface area contributed by atoms with Gasteiger partial charge in [-0.3, -0.25) is 9.89 Å². The maximum atomic E-state index is 12.4. The maximum absolute atomic E-state index is 12.4. The van der Waals surface area contributed by atoms with Crippen molar-refractivity contribution in [3.63, 3.8) is 0 Å². The van der Waals surface area contributed by atoms with Gasteiger partial charge in [-0.25, -0.2) is 0 Å². The second-order valence-corrected chi connectivity index (χ2v) is 6.72. The van der Waals surface area contributed by atoms with Gasteiger partial charge in [0.2, 0.25) is 0 Å². The van der Waals surface area contributed by atoms with E-state index in [1.165, 1.54) is 0 Å². The van der Waals surface area contributed by atoms with E-state index in [0.717, 1.165) is 11.3 Å². The summed E-state index contributed by atoms with van der Waals surface area (Å²) >= 11 is 1.60. The highest BCUT2D eigenvalue weighted by Crippen LogP contribution is 2.20. The second-order valence-electron chi connectivity index (χ2n) is 5.94. The van der Waals surface area contributed by atoms with Crippen molar-refractivity contribution in [3.8, 4) is 22.7 Å². The molecule has 10 heteroatoms. The summed E-state index contributed by atoms with van der Waals surface area (Å²) in [5, 5.41) is 26.4. The zero-order chi connectivity index (χ0) is 18.9. The number of aromatic nitrogens is 6. The number of carbonyl (C=O) groups excluding carboxylic acids is 1. The number of rotatable bonds is 5. The lowest BCUT2D eigenvalue weighted by atomic mass is 10.2. The molecule has 0 aromatic carbocycles. The fourth-order valence-corrected chi connectivity index (χ4v) is 3.40. The van der Waals surface area contributed by atoms with Crippen LogP contribution in [0.2, 0.25) is 0 Å². The van der Waals surface area contributed by atoms with Gasteiger partial charge in [0.1, 0.15) is 5.69 Å². The molecule has 5 rings (SSSR count). The molecule has 0 aliphatic rings. The third kappa shape index (κ3) is 2.95. The van der Waals surface area contributed by atoms with Gasteiger partial charge < -0.3 is 9.73 Å². The van der Waals surface area contributed by atoms with Crippen LogP contribution in [-0.4, -0.2) is 35.9 Å². The van der Waals surface area contributed by atoms with Crippen LogP contribution in [0.25, 0.3) is 28.4 Å². The quantitative estimate of drug-likeness (QED) is 0.476. The summed E-state index contributed by atoms with van der Waals surface area (Å²) in [4.78, 5) is 12.4. The molecular formula is C18H13N7O2S. The van der Waals surface area contributed by atoms with E-state index in [4.69, 9.17) is 4.42 Å². The number of H-pyrrole nitrogens is 1. The third-order valence-corrected chi connectivity index (χ3v) is 4.83. The first-order valence-corrected chi connectivity index (χ1v) is 9.33. The van der Waals surface area contributed by atoms with E-state index in [1.807, 2.05) is 29.0 Å². The number of hydrogen-bond donors (Lipinski definition) is 2. The molecular weight excluding hydrogens is 378 g/mol. The summed E-state index contributed by atoms with van der Waals surface area (Å²) in [6.45, 7) is 0.170. The number of thiophene rings is 1. The highest BCUT2D eigenvalue weighted by atomic mass is 32.1. The van der Waals surface area contributed by atoms with Gasteiger partial charge in [0.25, 0.3) is 5.91 Å². The van der Waals surface area contributed by atoms with Crippen molar-refractivity contribution < 1.29 is 9.21 Å². The van der Waals surface area contributed by atoms with Gasteiger partial charge in [-0.15, -0.1) is 10.2 Å². The summed E-state index contributed by atoms with van der Waals surface area (Å²) in [5.41, 5.74) is 3.34. The molecule has 0 fully saturated rings. The standard InChI is InChI=1S/C18H13N7O2S/c26-18(14-8-13(20-21-14)15-2-1-6-27-15)19-9-17-23-22-16-4-3-12(24-25(16)17)11-5-7-28-10-11/h1-8,10H,9H2,(H,19,26)(H,20,21). The van der Waals surface area contributed by atoms with Gasteiger partial charge in [0.15, 0.2) is 22.9 Å². The van der Waals surface area contributed by atoms with Crippen molar-refractivity contribution in [3.05, 3.63) is 64.9 Å². The molecule has 0 bridgehead atoms. The molecule has 1 amide bonds. The molecule has 0 spiro atoms. The highest BCUT2D eigenvalue weighted by Gasteiger charge is 2.15. The SMILES string of the molecule is O=C(NCc1nnc2ccc(-c3ccsc3)nn12)c1cc(-c2ccco2)[nH]n1. The number of hydrogen-bond acceptors (Lipinski definition) is 7. The van der Waals surface area contributed by atoms with Crippen LogP contribution in [0.3, 0.4) is 0 Å². The van der Waals surface area contributed by atoms with Crippen molar-refractivity contribution in [1.29, 1.82) is 0 Å². The Balaban J connectivity index is 1.34. The monoisotopic (exact) mass is 391 g/mol. The Labute approximate surface area is 162 Å². The highest BCUT2D eigenvalue weighted by molar-refractivity contribution is 7.08. The van der Waals surface area contributed by atoms with E-state index in [0.29, 0.717) is 22.9 Å². The lowest BCUT2D eigenvalue weighted by molar-refractivity contribution is 0.0944. The smallest absolute Gasteiger partial charge is 0.272 e. The Kier molecular flexibility index (Phi) is 3.95. The number of amides is 1. The topological polar surface area (TPSA) is 114 Å². The molecule has 0 saturated carbocycles. The van der Waals surface area contributed by atoms with Crippen LogP contribution in [0.15, 0.2) is 57.8 Å². The zero-order valence-corrected chi connectivity index (χ0v) is 15.2. The average molecular weight is 391 g/mol. The Morgan fingerprint density at radius 1 is 1.25 bits per heavy atom. The van der Waals surface area contributed by atoms with Crippen LogP contribution in [0, 0.1) is 0 Å². The minimum absolute atomic E-state index is 0.170. The molecule has 9 nitrogen and oxygen atoms in total. The van der Waals surface area contributed by atoms with Crippen LogP contribution in [0.1, 0.15) is 16.3 Å². The Morgan fingerprint density at radius 2 is 2.21 bits per heavy atom. The first-order valence-electron chi connectivity index (χ1n) is 8.39. The summed E-state index contributed by atoms with van der Waals surface area (Å²) in [5.74, 6) is 0.808. The minimum Gasteiger partial charge on any atom is -0.463 e. The third-order valence-electron chi connectivity index (χ3n) is 4.15. The van der Waals surface area contributed by atoms with E-state index in [9.17, 15) is 4.79 Å². The minimum atomic E-state index is -0.334. The number of nitrogens with one attached hydrogen (secondary N) is 2. The molecule has 2 N–H and O–H groups in total. The van der Waals surface area contributed by atoms with E-state index in [1.54, 1.807) is 40.3 Å². The van der Waals surface area contributed by atoms with Crippen molar-refractivity contribution in [2.24, 2.45) is 0 Å². The van der Waals surface area contributed by atoms with E-state index < -0.39 is 0 Å². The summed E-state index contributed by atoms with van der Waals surface area (Å²) in [6, 6.07) is 10.9. The van der Waals surface area contributed by atoms with Gasteiger partial charge in [-0.1, -0.05) is 0 Å². The van der Waals surface area contributed by atoms with Crippen molar-refractivity contribution in [1.82, 2.24) is 35.3 Å². The summed E-state index contributed by atoms with van der Waals surface area (Å²) in [7, 11) is 0.